The van der Waals surface area contributed by atoms with Gasteiger partial charge in [0.1, 0.15) is 6.54 Å². The van der Waals surface area contributed by atoms with Crippen LogP contribution in [0.3, 0.4) is 0 Å². The summed E-state index contributed by atoms with van der Waals surface area (Å²) in [6.45, 7) is 3.77. The summed E-state index contributed by atoms with van der Waals surface area (Å²) in [7, 11) is 0. The van der Waals surface area contributed by atoms with Crippen LogP contribution in [0.1, 0.15) is 26.2 Å². The minimum absolute atomic E-state index is 0.0311. The molecule has 1 aliphatic rings. The first kappa shape index (κ1) is 19.6. The Morgan fingerprint density at radius 3 is 2.88 bits per heavy atom. The molecule has 1 aromatic carbocycles. The topological polar surface area (TPSA) is 111 Å². The monoisotopic (exact) mass is 365 g/mol. The molecule has 142 valence electrons. The lowest BCUT2D eigenvalue weighted by Crippen LogP contribution is -2.43. The van der Waals surface area contributed by atoms with E-state index < -0.39 is 10.9 Å². The second kappa shape index (κ2) is 9.71. The minimum atomic E-state index is -0.567. The van der Waals surface area contributed by atoms with Crippen LogP contribution in [-0.4, -0.2) is 49.6 Å². The first-order valence-electron chi connectivity index (χ1n) is 8.59. The van der Waals surface area contributed by atoms with Crippen molar-refractivity contribution in [3.63, 3.8) is 0 Å². The molecule has 0 atom stereocenters. The van der Waals surface area contributed by atoms with Gasteiger partial charge in [-0.25, -0.2) is 4.79 Å². The summed E-state index contributed by atoms with van der Waals surface area (Å²) in [6.07, 6.45) is 2.81. The maximum absolute atomic E-state index is 12.1. The molecule has 2 rings (SSSR count). The van der Waals surface area contributed by atoms with E-state index in [1.54, 1.807) is 0 Å². The summed E-state index contributed by atoms with van der Waals surface area (Å²) in [4.78, 5) is 35.6. The van der Waals surface area contributed by atoms with Crippen LogP contribution in [0.4, 0.5) is 11.4 Å². The Morgan fingerprint density at radius 2 is 2.15 bits per heavy atom. The molecule has 9 heteroatoms. The highest BCUT2D eigenvalue weighted by Crippen LogP contribution is 2.34. The van der Waals surface area contributed by atoms with E-state index in [-0.39, 0.29) is 30.4 Å². The molecule has 26 heavy (non-hydrogen) atoms. The predicted molar refractivity (Wildman–Crippen MR) is 94.3 cm³/mol. The molecule has 0 aromatic heterocycles. The van der Waals surface area contributed by atoms with E-state index in [0.29, 0.717) is 25.3 Å². The number of amides is 1. The van der Waals surface area contributed by atoms with Gasteiger partial charge in [-0.1, -0.05) is 13.3 Å². The van der Waals surface area contributed by atoms with Gasteiger partial charge in [-0.2, -0.15) is 0 Å². The quantitative estimate of drug-likeness (QED) is 0.221. The highest BCUT2D eigenvalue weighted by atomic mass is 16.6. The van der Waals surface area contributed by atoms with E-state index in [4.69, 9.17) is 9.47 Å². The average molecular weight is 365 g/mol. The van der Waals surface area contributed by atoms with Gasteiger partial charge in [-0.15, -0.1) is 0 Å². The standard InChI is InChI=1S/C17H23N3O6/c1-2-3-8-25-9-4-7-18-16(21)11-19-12-17(22)26-15-10-13(20(23)24)5-6-14(15)19/h5-6,10H,2-4,7-9,11-12H2,1H3,(H,18,21). The summed E-state index contributed by atoms with van der Waals surface area (Å²) in [6, 6.07) is 3.98. The molecule has 0 saturated heterocycles. The zero-order valence-corrected chi connectivity index (χ0v) is 14.7. The number of nitro benzene ring substituents is 1. The van der Waals surface area contributed by atoms with E-state index in [2.05, 4.69) is 12.2 Å². The van der Waals surface area contributed by atoms with Crippen molar-refractivity contribution < 1.29 is 24.0 Å². The maximum Gasteiger partial charge on any atom is 0.331 e. The third-order valence-electron chi connectivity index (χ3n) is 3.80. The number of hydrogen-bond acceptors (Lipinski definition) is 7. The molecule has 1 aliphatic heterocycles. The summed E-state index contributed by atoms with van der Waals surface area (Å²) in [5.74, 6) is -0.708. The average Bonchev–Trinajstić information content (AvgIpc) is 2.60. The van der Waals surface area contributed by atoms with Crippen LogP contribution in [-0.2, 0) is 14.3 Å². The second-order valence-electron chi connectivity index (χ2n) is 5.91. The number of anilines is 1. The van der Waals surface area contributed by atoms with Gasteiger partial charge in [0.25, 0.3) is 5.69 Å². The fourth-order valence-electron chi connectivity index (χ4n) is 2.48. The third kappa shape index (κ3) is 5.69. The number of nitrogens with zero attached hydrogens (tertiary/aromatic N) is 2. The van der Waals surface area contributed by atoms with Crippen molar-refractivity contribution in [2.45, 2.75) is 26.2 Å². The normalized spacial score (nSPS) is 13.1. The van der Waals surface area contributed by atoms with Gasteiger partial charge in [0.05, 0.1) is 23.2 Å². The van der Waals surface area contributed by atoms with Gasteiger partial charge < -0.3 is 19.7 Å². The van der Waals surface area contributed by atoms with Crippen LogP contribution in [0.25, 0.3) is 0 Å². The van der Waals surface area contributed by atoms with Crippen molar-refractivity contribution in [2.24, 2.45) is 0 Å². The molecule has 0 radical (unpaired) electrons. The highest BCUT2D eigenvalue weighted by Gasteiger charge is 2.27. The van der Waals surface area contributed by atoms with Gasteiger partial charge in [-0.3, -0.25) is 14.9 Å². The minimum Gasteiger partial charge on any atom is -0.423 e. The number of esters is 1. The number of nitrogens with one attached hydrogen (secondary N) is 1. The van der Waals surface area contributed by atoms with E-state index >= 15 is 0 Å². The largest absolute Gasteiger partial charge is 0.423 e. The van der Waals surface area contributed by atoms with E-state index in [1.165, 1.54) is 23.1 Å². The lowest BCUT2D eigenvalue weighted by atomic mass is 10.2. The molecular formula is C17H23N3O6. The maximum atomic E-state index is 12.1. The van der Waals surface area contributed by atoms with Crippen LogP contribution in [0.15, 0.2) is 18.2 Å². The van der Waals surface area contributed by atoms with Crippen LogP contribution < -0.4 is 15.0 Å². The molecule has 1 heterocycles. The Hall–Kier alpha value is -2.68. The van der Waals surface area contributed by atoms with Gasteiger partial charge in [0.15, 0.2) is 5.75 Å². The Kier molecular flexibility index (Phi) is 7.34. The SMILES string of the molecule is CCCCOCCCNC(=O)CN1CC(=O)Oc2cc([N+](=O)[O-])ccc21. The number of carbonyl (C=O) groups excluding carboxylic acids is 2. The third-order valence-corrected chi connectivity index (χ3v) is 3.80. The second-order valence-corrected chi connectivity index (χ2v) is 5.91. The van der Waals surface area contributed by atoms with Crippen LogP contribution in [0.2, 0.25) is 0 Å². The van der Waals surface area contributed by atoms with Crippen LogP contribution >= 0.6 is 0 Å². The lowest BCUT2D eigenvalue weighted by Gasteiger charge is -2.28. The van der Waals surface area contributed by atoms with E-state index in [0.717, 1.165) is 19.4 Å². The Labute approximate surface area is 151 Å². The van der Waals surface area contributed by atoms with E-state index in [1.807, 2.05) is 0 Å². The van der Waals surface area contributed by atoms with Gasteiger partial charge in [0, 0.05) is 25.8 Å². The first-order valence-corrected chi connectivity index (χ1v) is 8.59. The zero-order valence-electron chi connectivity index (χ0n) is 14.7. The number of carbonyl (C=O) groups is 2. The molecule has 0 unspecified atom stereocenters. The molecule has 1 amide bonds. The molecule has 0 aliphatic carbocycles. The van der Waals surface area contributed by atoms with Gasteiger partial charge in [0.2, 0.25) is 5.91 Å². The number of unbranched alkanes of at least 4 members (excludes halogenated alkanes) is 1. The van der Waals surface area contributed by atoms with Crippen molar-refractivity contribution in [1.82, 2.24) is 5.32 Å². The Bertz CT molecular complexity index is 664. The molecular weight excluding hydrogens is 342 g/mol. The van der Waals surface area contributed by atoms with Crippen molar-refractivity contribution in [3.8, 4) is 5.75 Å². The molecule has 1 N–H and O–H groups in total. The number of non-ortho nitro benzene ring substituents is 1. The highest BCUT2D eigenvalue weighted by molar-refractivity contribution is 5.89. The molecule has 0 bridgehead atoms. The summed E-state index contributed by atoms with van der Waals surface area (Å²) in [5, 5.41) is 13.6. The number of ether oxygens (including phenoxy) is 2. The first-order chi connectivity index (χ1) is 12.5. The van der Waals surface area contributed by atoms with Crippen molar-refractivity contribution in [1.29, 1.82) is 0 Å². The number of hydrogen-bond donors (Lipinski definition) is 1. The van der Waals surface area contributed by atoms with Crippen LogP contribution in [0, 0.1) is 10.1 Å². The summed E-state index contributed by atoms with van der Waals surface area (Å²) >= 11 is 0. The van der Waals surface area contributed by atoms with Crippen molar-refractivity contribution in [3.05, 3.63) is 28.3 Å². The summed E-state index contributed by atoms with van der Waals surface area (Å²) < 4.78 is 10.5. The lowest BCUT2D eigenvalue weighted by molar-refractivity contribution is -0.384. The van der Waals surface area contributed by atoms with Crippen LogP contribution in [0.5, 0.6) is 5.75 Å². The Morgan fingerprint density at radius 1 is 1.38 bits per heavy atom. The zero-order chi connectivity index (χ0) is 18.9. The summed E-state index contributed by atoms with van der Waals surface area (Å²) in [5.41, 5.74) is 0.305. The molecule has 0 saturated carbocycles. The molecule has 0 fully saturated rings. The fraction of sp³-hybridized carbons (Fsp3) is 0.529. The number of benzene rings is 1. The predicted octanol–water partition coefficient (Wildman–Crippen LogP) is 1.64. The molecule has 9 nitrogen and oxygen atoms in total. The smallest absolute Gasteiger partial charge is 0.331 e. The van der Waals surface area contributed by atoms with Crippen molar-refractivity contribution in [2.75, 3.05) is 37.7 Å². The Balaban J connectivity index is 1.85. The van der Waals surface area contributed by atoms with Crippen molar-refractivity contribution >= 4 is 23.3 Å². The number of rotatable bonds is 10. The van der Waals surface area contributed by atoms with Gasteiger partial charge >= 0.3 is 5.97 Å². The van der Waals surface area contributed by atoms with Gasteiger partial charge in [-0.05, 0) is 18.9 Å². The number of fused-ring (bicyclic) bond motifs is 1. The fourth-order valence-corrected chi connectivity index (χ4v) is 2.48. The van der Waals surface area contributed by atoms with E-state index in [9.17, 15) is 19.7 Å². The molecule has 0 spiro atoms. The number of nitro groups is 1. The molecule has 1 aromatic rings.